The molecule has 0 heterocycles. The Morgan fingerprint density at radius 2 is 1.58 bits per heavy atom. The summed E-state index contributed by atoms with van der Waals surface area (Å²) in [6.07, 6.45) is 4.11. The number of amides is 1. The largest absolute Gasteiger partial charge is 0.442 e. The van der Waals surface area contributed by atoms with E-state index in [2.05, 4.69) is 78.5 Å². The first-order chi connectivity index (χ1) is 12.1. The molecule has 4 heteroatoms. The number of nitrogens with zero attached hydrogens (tertiary/aromatic N) is 1. The molecule has 0 saturated heterocycles. The van der Waals surface area contributed by atoms with Crippen molar-refractivity contribution < 1.29 is 9.53 Å². The Labute approximate surface area is 162 Å². The minimum Gasteiger partial charge on any atom is -0.442 e. The zero-order chi connectivity index (χ0) is 20.0. The van der Waals surface area contributed by atoms with Crippen molar-refractivity contribution in [3.05, 3.63) is 35.9 Å². The van der Waals surface area contributed by atoms with Gasteiger partial charge >= 0.3 is 6.09 Å². The third kappa shape index (κ3) is 5.35. The van der Waals surface area contributed by atoms with Crippen molar-refractivity contribution in [3.8, 4) is 0 Å². The van der Waals surface area contributed by atoms with E-state index in [9.17, 15) is 4.79 Å². The predicted octanol–water partition coefficient (Wildman–Crippen LogP) is 6.60. The van der Waals surface area contributed by atoms with Crippen molar-refractivity contribution >= 4 is 14.2 Å². The molecule has 1 unspecified atom stereocenters. The van der Waals surface area contributed by atoms with Gasteiger partial charge in [0.25, 0.3) is 0 Å². The van der Waals surface area contributed by atoms with Crippen LogP contribution in [0.25, 0.3) is 0 Å². The Morgan fingerprint density at radius 3 is 2.00 bits per heavy atom. The molecule has 0 fully saturated rings. The summed E-state index contributed by atoms with van der Waals surface area (Å²) in [7, 11) is -1.88. The molecule has 26 heavy (non-hydrogen) atoms. The average molecular weight is 378 g/mol. The van der Waals surface area contributed by atoms with Gasteiger partial charge in [-0.25, -0.2) is 4.79 Å². The number of ether oxygens (including phenoxy) is 1. The molecule has 1 amide bonds. The van der Waals surface area contributed by atoms with Crippen LogP contribution in [-0.4, -0.2) is 31.2 Å². The fraction of sp³-hybridized carbons (Fsp3) is 0.682. The lowest BCUT2D eigenvalue weighted by Gasteiger charge is -2.45. The first kappa shape index (κ1) is 22.7. The molecular formula is C22H39NO2Si. The zero-order valence-corrected chi connectivity index (χ0v) is 19.1. The number of benzene rings is 1. The molecule has 1 rings (SSSR count). The molecule has 0 radical (unpaired) electrons. The van der Waals surface area contributed by atoms with Gasteiger partial charge in [0, 0.05) is 12.1 Å². The van der Waals surface area contributed by atoms with Gasteiger partial charge in [0.1, 0.15) is 13.3 Å². The van der Waals surface area contributed by atoms with Crippen LogP contribution < -0.4 is 0 Å². The van der Waals surface area contributed by atoms with Crippen molar-refractivity contribution in [3.63, 3.8) is 0 Å². The molecule has 1 aromatic carbocycles. The average Bonchev–Trinajstić information content (AvgIpc) is 2.53. The Kier molecular flexibility index (Phi) is 8.39. The number of unbranched alkanes of at least 4 members (excludes halogenated alkanes) is 2. The highest BCUT2D eigenvalue weighted by Gasteiger charge is 2.48. The molecule has 3 nitrogen and oxygen atoms in total. The van der Waals surface area contributed by atoms with Gasteiger partial charge in [-0.15, -0.1) is 0 Å². The summed E-state index contributed by atoms with van der Waals surface area (Å²) in [5.41, 5.74) is 1.15. The summed E-state index contributed by atoms with van der Waals surface area (Å²) in [5.74, 6) is 0. The molecule has 1 atom stereocenters. The van der Waals surface area contributed by atoms with E-state index in [-0.39, 0.29) is 18.2 Å². The minimum absolute atomic E-state index is 0.119. The van der Waals surface area contributed by atoms with Crippen LogP contribution in [-0.2, 0) is 9.96 Å². The summed E-state index contributed by atoms with van der Waals surface area (Å²) < 4.78 is 6.47. The van der Waals surface area contributed by atoms with E-state index < -0.39 is 13.3 Å². The van der Waals surface area contributed by atoms with Gasteiger partial charge in [-0.2, -0.15) is 0 Å². The Balaban J connectivity index is 3.35. The van der Waals surface area contributed by atoms with Crippen LogP contribution in [0, 0.1) is 0 Å². The third-order valence-corrected chi connectivity index (χ3v) is 8.23. The van der Waals surface area contributed by atoms with Crippen molar-refractivity contribution in [1.82, 2.24) is 4.90 Å². The highest BCUT2D eigenvalue weighted by molar-refractivity contribution is 6.78. The lowest BCUT2D eigenvalue weighted by atomic mass is 10.0. The standard InChI is InChI=1S/C22H39NO2Si/c1-9-10-14-17-22(26(6,7)8,20-15-12-11-13-16-20)25-21(24)23(18(2)3)19(4)5/h11-13,15-16,18-19H,9-10,14,17H2,1-8H3. The lowest BCUT2D eigenvalue weighted by molar-refractivity contribution is 0.0124. The fourth-order valence-corrected chi connectivity index (χ4v) is 6.12. The molecule has 0 spiro atoms. The lowest BCUT2D eigenvalue weighted by Crippen LogP contribution is -2.55. The first-order valence-corrected chi connectivity index (χ1v) is 13.6. The maximum Gasteiger partial charge on any atom is 0.410 e. The predicted molar refractivity (Wildman–Crippen MR) is 114 cm³/mol. The minimum atomic E-state index is -1.88. The van der Waals surface area contributed by atoms with Gasteiger partial charge < -0.3 is 9.64 Å². The van der Waals surface area contributed by atoms with Gasteiger partial charge in [0.05, 0.1) is 0 Å². The van der Waals surface area contributed by atoms with Crippen LogP contribution in [0.2, 0.25) is 19.6 Å². The number of carbonyl (C=O) groups excluding carboxylic acids is 1. The van der Waals surface area contributed by atoms with E-state index in [1.54, 1.807) is 0 Å². The van der Waals surface area contributed by atoms with Crippen molar-refractivity contribution in [2.45, 2.75) is 97.3 Å². The normalized spacial score (nSPS) is 14.4. The summed E-state index contributed by atoms with van der Waals surface area (Å²) >= 11 is 0. The van der Waals surface area contributed by atoms with Gasteiger partial charge in [-0.1, -0.05) is 69.7 Å². The zero-order valence-electron chi connectivity index (χ0n) is 18.1. The maximum absolute atomic E-state index is 13.2. The number of rotatable bonds is 9. The van der Waals surface area contributed by atoms with Gasteiger partial charge in [-0.3, -0.25) is 0 Å². The van der Waals surface area contributed by atoms with Crippen LogP contribution in [0.15, 0.2) is 30.3 Å². The molecule has 0 aliphatic heterocycles. The molecular weight excluding hydrogens is 338 g/mol. The Morgan fingerprint density at radius 1 is 1.04 bits per heavy atom. The van der Waals surface area contributed by atoms with Crippen LogP contribution in [0.4, 0.5) is 4.79 Å². The molecule has 0 bridgehead atoms. The van der Waals surface area contributed by atoms with E-state index in [1.807, 2.05) is 11.0 Å². The topological polar surface area (TPSA) is 29.5 Å². The van der Waals surface area contributed by atoms with Crippen LogP contribution in [0.3, 0.4) is 0 Å². The van der Waals surface area contributed by atoms with Crippen LogP contribution >= 0.6 is 0 Å². The monoisotopic (exact) mass is 377 g/mol. The summed E-state index contributed by atoms with van der Waals surface area (Å²) in [6.45, 7) is 17.4. The molecule has 148 valence electrons. The van der Waals surface area contributed by atoms with Crippen LogP contribution in [0.1, 0.15) is 65.9 Å². The highest BCUT2D eigenvalue weighted by Crippen LogP contribution is 2.41. The van der Waals surface area contributed by atoms with Crippen LogP contribution in [0.5, 0.6) is 0 Å². The molecule has 0 N–H and O–H groups in total. The number of carbonyl (C=O) groups is 1. The van der Waals surface area contributed by atoms with Crippen molar-refractivity contribution in [2.24, 2.45) is 0 Å². The molecule has 0 aromatic heterocycles. The Hall–Kier alpha value is -1.29. The molecule has 0 saturated carbocycles. The smallest absolute Gasteiger partial charge is 0.410 e. The first-order valence-electron chi connectivity index (χ1n) is 10.1. The summed E-state index contributed by atoms with van der Waals surface area (Å²) in [4.78, 5) is 15.1. The second kappa shape index (κ2) is 9.59. The molecule has 0 aliphatic carbocycles. The van der Waals surface area contributed by atoms with Gasteiger partial charge in [-0.05, 0) is 46.1 Å². The second-order valence-corrected chi connectivity index (χ2v) is 14.2. The third-order valence-electron chi connectivity index (χ3n) is 5.17. The van der Waals surface area contributed by atoms with Crippen molar-refractivity contribution in [1.29, 1.82) is 0 Å². The second-order valence-electron chi connectivity index (χ2n) is 8.86. The quantitative estimate of drug-likeness (QED) is 0.358. The summed E-state index contributed by atoms with van der Waals surface area (Å²) in [6, 6.07) is 10.6. The van der Waals surface area contributed by atoms with Crippen molar-refractivity contribution in [2.75, 3.05) is 0 Å². The van der Waals surface area contributed by atoms with E-state index in [1.165, 1.54) is 0 Å². The van der Waals surface area contributed by atoms with E-state index in [0.29, 0.717) is 0 Å². The Bertz CT molecular complexity index is 543. The van der Waals surface area contributed by atoms with E-state index >= 15 is 0 Å². The molecule has 1 aromatic rings. The summed E-state index contributed by atoms with van der Waals surface area (Å²) in [5, 5.41) is -0.497. The van der Waals surface area contributed by atoms with Gasteiger partial charge in [0.2, 0.25) is 0 Å². The SMILES string of the molecule is CCCCCC(OC(=O)N(C(C)C)C(C)C)(c1ccccc1)[Si](C)(C)C. The van der Waals surface area contributed by atoms with E-state index in [4.69, 9.17) is 4.74 Å². The molecule has 0 aliphatic rings. The highest BCUT2D eigenvalue weighted by atomic mass is 28.3. The number of hydrogen-bond donors (Lipinski definition) is 0. The van der Waals surface area contributed by atoms with Gasteiger partial charge in [0.15, 0.2) is 0 Å². The van der Waals surface area contributed by atoms with E-state index in [0.717, 1.165) is 31.2 Å². The fourth-order valence-electron chi connectivity index (χ4n) is 3.77. The maximum atomic E-state index is 13.2. The number of hydrogen-bond acceptors (Lipinski definition) is 2.